The maximum absolute atomic E-state index is 12.0. The van der Waals surface area contributed by atoms with Crippen molar-refractivity contribution in [3.8, 4) is 0 Å². The number of carbonyl (C=O) groups is 2. The first-order valence-electron chi connectivity index (χ1n) is 7.48. The number of amides is 1. The van der Waals surface area contributed by atoms with E-state index in [1.807, 2.05) is 0 Å². The number of anilines is 1. The lowest BCUT2D eigenvalue weighted by Crippen LogP contribution is -2.35. The van der Waals surface area contributed by atoms with Crippen molar-refractivity contribution in [1.29, 1.82) is 0 Å². The molecule has 0 aliphatic carbocycles. The van der Waals surface area contributed by atoms with Crippen LogP contribution in [0.1, 0.15) is 36.0 Å². The maximum Gasteiger partial charge on any atom is 0.338 e. The summed E-state index contributed by atoms with van der Waals surface area (Å²) < 4.78 is 4.96. The fourth-order valence-corrected chi connectivity index (χ4v) is 2.45. The molecule has 1 aromatic carbocycles. The topological polar surface area (TPSA) is 116 Å². The van der Waals surface area contributed by atoms with Gasteiger partial charge in [0.25, 0.3) is 11.6 Å². The molecule has 0 atom stereocenters. The maximum atomic E-state index is 12.0. The SMILES string of the molecule is Nc1ccc(C(=O)OCC(=O)N2CCCCCC2)cc1[N+](=O)[O-]. The van der Waals surface area contributed by atoms with Crippen molar-refractivity contribution in [1.82, 2.24) is 4.90 Å². The molecule has 0 bridgehead atoms. The second kappa shape index (κ2) is 7.57. The Bertz CT molecular complexity index is 609. The van der Waals surface area contributed by atoms with Gasteiger partial charge in [-0.15, -0.1) is 0 Å². The molecule has 0 radical (unpaired) electrons. The molecule has 2 N–H and O–H groups in total. The average molecular weight is 321 g/mol. The molecular weight excluding hydrogens is 302 g/mol. The zero-order valence-corrected chi connectivity index (χ0v) is 12.7. The smallest absolute Gasteiger partial charge is 0.338 e. The molecule has 124 valence electrons. The molecule has 1 saturated heterocycles. The van der Waals surface area contributed by atoms with E-state index in [4.69, 9.17) is 10.5 Å². The largest absolute Gasteiger partial charge is 0.452 e. The summed E-state index contributed by atoms with van der Waals surface area (Å²) in [7, 11) is 0. The highest BCUT2D eigenvalue weighted by molar-refractivity contribution is 5.92. The van der Waals surface area contributed by atoms with Crippen LogP contribution in [0, 0.1) is 10.1 Å². The summed E-state index contributed by atoms with van der Waals surface area (Å²) in [5.74, 6) is -1.03. The normalized spacial score (nSPS) is 14.9. The lowest BCUT2D eigenvalue weighted by atomic mass is 10.2. The number of esters is 1. The van der Waals surface area contributed by atoms with Crippen LogP contribution in [-0.2, 0) is 9.53 Å². The van der Waals surface area contributed by atoms with E-state index in [1.54, 1.807) is 4.90 Å². The van der Waals surface area contributed by atoms with Crippen LogP contribution in [0.25, 0.3) is 0 Å². The van der Waals surface area contributed by atoms with Crippen molar-refractivity contribution in [2.75, 3.05) is 25.4 Å². The monoisotopic (exact) mass is 321 g/mol. The molecule has 0 saturated carbocycles. The van der Waals surface area contributed by atoms with Crippen molar-refractivity contribution in [3.05, 3.63) is 33.9 Å². The number of nitrogens with two attached hydrogens (primary N) is 1. The van der Waals surface area contributed by atoms with Crippen LogP contribution < -0.4 is 5.73 Å². The zero-order chi connectivity index (χ0) is 16.8. The molecule has 1 aromatic rings. The molecule has 1 amide bonds. The fourth-order valence-electron chi connectivity index (χ4n) is 2.45. The number of benzene rings is 1. The minimum absolute atomic E-state index is 0.00503. The number of hydrogen-bond acceptors (Lipinski definition) is 6. The van der Waals surface area contributed by atoms with Gasteiger partial charge in [0.2, 0.25) is 0 Å². The highest BCUT2D eigenvalue weighted by Gasteiger charge is 2.20. The van der Waals surface area contributed by atoms with Gasteiger partial charge in [-0.3, -0.25) is 14.9 Å². The summed E-state index contributed by atoms with van der Waals surface area (Å²) in [5.41, 5.74) is 5.07. The van der Waals surface area contributed by atoms with Crippen molar-refractivity contribution in [3.63, 3.8) is 0 Å². The lowest BCUT2D eigenvalue weighted by Gasteiger charge is -2.19. The number of hydrogen-bond donors (Lipinski definition) is 1. The first kappa shape index (κ1) is 16.7. The van der Waals surface area contributed by atoms with Gasteiger partial charge in [-0.2, -0.15) is 0 Å². The summed E-state index contributed by atoms with van der Waals surface area (Å²) >= 11 is 0. The fraction of sp³-hybridized carbons (Fsp3) is 0.467. The molecule has 8 heteroatoms. The molecule has 0 unspecified atom stereocenters. The zero-order valence-electron chi connectivity index (χ0n) is 12.7. The van der Waals surface area contributed by atoms with E-state index >= 15 is 0 Å². The third kappa shape index (κ3) is 4.41. The summed E-state index contributed by atoms with van der Waals surface area (Å²) in [6.07, 6.45) is 4.09. The Morgan fingerprint density at radius 2 is 1.87 bits per heavy atom. The number of nitro groups is 1. The van der Waals surface area contributed by atoms with Gasteiger partial charge >= 0.3 is 5.97 Å². The molecule has 0 spiro atoms. The van der Waals surface area contributed by atoms with Gasteiger partial charge in [-0.1, -0.05) is 12.8 Å². The number of nitrogens with zero attached hydrogens (tertiary/aromatic N) is 2. The van der Waals surface area contributed by atoms with Crippen LogP contribution in [0.15, 0.2) is 18.2 Å². The summed E-state index contributed by atoms with van der Waals surface area (Å²) in [5, 5.41) is 10.8. The van der Waals surface area contributed by atoms with Crippen molar-refractivity contribution < 1.29 is 19.2 Å². The van der Waals surface area contributed by atoms with E-state index in [2.05, 4.69) is 0 Å². The molecule has 1 fully saturated rings. The quantitative estimate of drug-likeness (QED) is 0.391. The number of ether oxygens (including phenoxy) is 1. The Morgan fingerprint density at radius 1 is 1.22 bits per heavy atom. The Morgan fingerprint density at radius 3 is 2.48 bits per heavy atom. The lowest BCUT2D eigenvalue weighted by molar-refractivity contribution is -0.383. The highest BCUT2D eigenvalue weighted by Crippen LogP contribution is 2.22. The number of carbonyl (C=O) groups excluding carboxylic acids is 2. The second-order valence-electron chi connectivity index (χ2n) is 5.40. The molecular formula is C15H19N3O5. The molecule has 1 aliphatic rings. The van der Waals surface area contributed by atoms with Crippen LogP contribution in [0.3, 0.4) is 0 Å². The number of nitrogen functional groups attached to an aromatic ring is 1. The van der Waals surface area contributed by atoms with Crippen molar-refractivity contribution >= 4 is 23.3 Å². The van der Waals surface area contributed by atoms with E-state index in [9.17, 15) is 19.7 Å². The van der Waals surface area contributed by atoms with Gasteiger partial charge in [-0.25, -0.2) is 4.79 Å². The Hall–Kier alpha value is -2.64. The van der Waals surface area contributed by atoms with Gasteiger partial charge < -0.3 is 15.4 Å². The third-order valence-corrected chi connectivity index (χ3v) is 3.75. The molecule has 8 nitrogen and oxygen atoms in total. The van der Waals surface area contributed by atoms with E-state index in [1.165, 1.54) is 12.1 Å². The Balaban J connectivity index is 1.95. The van der Waals surface area contributed by atoms with Crippen LogP contribution >= 0.6 is 0 Å². The van der Waals surface area contributed by atoms with Gasteiger partial charge in [0, 0.05) is 19.2 Å². The highest BCUT2D eigenvalue weighted by atomic mass is 16.6. The molecule has 23 heavy (non-hydrogen) atoms. The molecule has 0 aromatic heterocycles. The molecule has 1 aliphatic heterocycles. The van der Waals surface area contributed by atoms with Crippen LogP contribution in [-0.4, -0.2) is 41.4 Å². The van der Waals surface area contributed by atoms with E-state index in [0.29, 0.717) is 13.1 Å². The standard InChI is InChI=1S/C15H19N3O5/c16-12-6-5-11(9-13(12)18(21)22)15(20)23-10-14(19)17-7-3-1-2-4-8-17/h5-6,9H,1-4,7-8,10,16H2. The number of rotatable bonds is 4. The first-order valence-corrected chi connectivity index (χ1v) is 7.48. The number of nitro benzene ring substituents is 1. The van der Waals surface area contributed by atoms with Gasteiger partial charge in [0.1, 0.15) is 5.69 Å². The van der Waals surface area contributed by atoms with Gasteiger partial charge in [0.05, 0.1) is 10.5 Å². The average Bonchev–Trinajstić information content (AvgIpc) is 2.81. The van der Waals surface area contributed by atoms with Crippen LogP contribution in [0.4, 0.5) is 11.4 Å². The van der Waals surface area contributed by atoms with Gasteiger partial charge in [-0.05, 0) is 25.0 Å². The third-order valence-electron chi connectivity index (χ3n) is 3.75. The summed E-state index contributed by atoms with van der Waals surface area (Å²) in [6, 6.07) is 3.65. The second-order valence-corrected chi connectivity index (χ2v) is 5.40. The predicted octanol–water partition coefficient (Wildman–Crippen LogP) is 1.74. The van der Waals surface area contributed by atoms with Crippen molar-refractivity contribution in [2.24, 2.45) is 0 Å². The van der Waals surface area contributed by atoms with Crippen LogP contribution in [0.2, 0.25) is 0 Å². The molecule has 1 heterocycles. The summed E-state index contributed by atoms with van der Waals surface area (Å²) in [4.78, 5) is 35.8. The minimum Gasteiger partial charge on any atom is -0.452 e. The molecule has 2 rings (SSSR count). The Kier molecular flexibility index (Phi) is 5.51. The summed E-state index contributed by atoms with van der Waals surface area (Å²) in [6.45, 7) is 0.977. The van der Waals surface area contributed by atoms with Crippen LogP contribution in [0.5, 0.6) is 0 Å². The van der Waals surface area contributed by atoms with Crippen molar-refractivity contribution in [2.45, 2.75) is 25.7 Å². The van der Waals surface area contributed by atoms with E-state index < -0.39 is 10.9 Å². The number of likely N-dealkylation sites (tertiary alicyclic amines) is 1. The predicted molar refractivity (Wildman–Crippen MR) is 82.8 cm³/mol. The van der Waals surface area contributed by atoms with E-state index in [0.717, 1.165) is 31.7 Å². The van der Waals surface area contributed by atoms with E-state index in [-0.39, 0.29) is 29.5 Å². The Labute approximate surface area is 133 Å². The van der Waals surface area contributed by atoms with Gasteiger partial charge in [0.15, 0.2) is 6.61 Å². The minimum atomic E-state index is -0.781. The first-order chi connectivity index (χ1) is 11.0.